The Bertz CT molecular complexity index is 667. The monoisotopic (exact) mass is 329 g/mol. The lowest BCUT2D eigenvalue weighted by Crippen LogP contribution is -2.26. The van der Waals surface area contributed by atoms with Crippen LogP contribution in [-0.2, 0) is 4.79 Å². The summed E-state index contributed by atoms with van der Waals surface area (Å²) in [5.41, 5.74) is 0.501. The zero-order valence-corrected chi connectivity index (χ0v) is 12.0. The van der Waals surface area contributed by atoms with E-state index in [4.69, 9.17) is 32.8 Å². The van der Waals surface area contributed by atoms with E-state index in [0.29, 0.717) is 15.6 Å². The van der Waals surface area contributed by atoms with Crippen LogP contribution in [0.2, 0.25) is 10.0 Å². The van der Waals surface area contributed by atoms with E-state index in [-0.39, 0.29) is 24.7 Å². The van der Waals surface area contributed by atoms with Gasteiger partial charge in [0.15, 0.2) is 0 Å². The largest absolute Gasteiger partial charge is 0.481 e. The zero-order chi connectivity index (χ0) is 15.4. The molecule has 0 fully saturated rings. The van der Waals surface area contributed by atoms with Crippen LogP contribution in [0.25, 0.3) is 11.4 Å². The van der Waals surface area contributed by atoms with Crippen LogP contribution < -0.4 is 5.32 Å². The van der Waals surface area contributed by atoms with Gasteiger partial charge in [0.25, 0.3) is 0 Å². The van der Waals surface area contributed by atoms with E-state index >= 15 is 0 Å². The Morgan fingerprint density at radius 2 is 1.90 bits per heavy atom. The van der Waals surface area contributed by atoms with Crippen molar-refractivity contribution < 1.29 is 19.2 Å². The fraction of sp³-hybridized carbons (Fsp3) is 0.167. The topological polar surface area (TPSA) is 105 Å². The second-order valence-corrected chi connectivity index (χ2v) is 4.85. The molecule has 0 saturated heterocycles. The van der Waals surface area contributed by atoms with Crippen LogP contribution in [-0.4, -0.2) is 33.7 Å². The Kier molecular flexibility index (Phi) is 4.77. The fourth-order valence-corrected chi connectivity index (χ4v) is 2.00. The average Bonchev–Trinajstić information content (AvgIpc) is 2.86. The van der Waals surface area contributed by atoms with Crippen LogP contribution in [0, 0.1) is 0 Å². The Balaban J connectivity index is 2.10. The molecule has 9 heteroatoms. The molecule has 0 saturated carbocycles. The molecule has 0 aliphatic rings. The highest BCUT2D eigenvalue weighted by Gasteiger charge is 2.16. The molecule has 7 nitrogen and oxygen atoms in total. The van der Waals surface area contributed by atoms with Gasteiger partial charge >= 0.3 is 17.8 Å². The molecule has 1 aromatic heterocycles. The molecule has 2 aromatic rings. The fourth-order valence-electron chi connectivity index (χ4n) is 1.47. The van der Waals surface area contributed by atoms with Crippen molar-refractivity contribution in [3.05, 3.63) is 34.1 Å². The number of nitrogens with one attached hydrogen (secondary N) is 1. The second kappa shape index (κ2) is 6.55. The summed E-state index contributed by atoms with van der Waals surface area (Å²) >= 11 is 11.7. The summed E-state index contributed by atoms with van der Waals surface area (Å²) in [5.74, 6) is -1.78. The molecule has 0 bridgehead atoms. The SMILES string of the molecule is O=C(O)CCNC(=O)c1nc(-c2cc(Cl)cc(Cl)c2)no1. The number of carbonyl (C=O) groups excluding carboxylic acids is 1. The maximum atomic E-state index is 11.7. The van der Waals surface area contributed by atoms with Crippen molar-refractivity contribution in [3.63, 3.8) is 0 Å². The number of aromatic nitrogens is 2. The average molecular weight is 330 g/mol. The highest BCUT2D eigenvalue weighted by molar-refractivity contribution is 6.35. The number of carboxylic acid groups (broad SMARTS) is 1. The van der Waals surface area contributed by atoms with E-state index in [0.717, 1.165) is 0 Å². The molecule has 1 amide bonds. The maximum absolute atomic E-state index is 11.7. The van der Waals surface area contributed by atoms with Crippen molar-refractivity contribution in [1.29, 1.82) is 0 Å². The number of amides is 1. The molecular formula is C12H9Cl2N3O4. The molecule has 0 radical (unpaired) electrons. The third-order valence-electron chi connectivity index (χ3n) is 2.37. The Morgan fingerprint density at radius 3 is 2.52 bits per heavy atom. The van der Waals surface area contributed by atoms with E-state index in [2.05, 4.69) is 15.5 Å². The van der Waals surface area contributed by atoms with Gasteiger partial charge in [0, 0.05) is 22.2 Å². The first-order valence-corrected chi connectivity index (χ1v) is 6.51. The quantitative estimate of drug-likeness (QED) is 0.871. The third-order valence-corrected chi connectivity index (χ3v) is 2.80. The number of carboxylic acids is 1. The number of nitrogens with zero attached hydrogens (tertiary/aromatic N) is 2. The molecule has 0 aliphatic heterocycles. The van der Waals surface area contributed by atoms with E-state index < -0.39 is 11.9 Å². The van der Waals surface area contributed by atoms with Crippen molar-refractivity contribution in [3.8, 4) is 11.4 Å². The summed E-state index contributed by atoms with van der Waals surface area (Å²) in [6.45, 7) is -0.0329. The molecule has 1 aromatic carbocycles. The van der Waals surface area contributed by atoms with Crippen molar-refractivity contribution in [2.45, 2.75) is 6.42 Å². The summed E-state index contributed by atoms with van der Waals surface area (Å²) in [4.78, 5) is 25.9. The number of hydrogen-bond donors (Lipinski definition) is 2. The molecule has 2 rings (SSSR count). The molecule has 21 heavy (non-hydrogen) atoms. The molecule has 2 N–H and O–H groups in total. The number of benzene rings is 1. The first-order chi connectivity index (χ1) is 9.95. The molecule has 0 atom stereocenters. The number of hydrogen-bond acceptors (Lipinski definition) is 5. The number of halogens is 2. The van der Waals surface area contributed by atoms with Gasteiger partial charge in [-0.25, -0.2) is 0 Å². The zero-order valence-electron chi connectivity index (χ0n) is 10.5. The highest BCUT2D eigenvalue weighted by atomic mass is 35.5. The molecule has 0 spiro atoms. The molecule has 1 heterocycles. The summed E-state index contributed by atoms with van der Waals surface area (Å²) in [6.07, 6.45) is -0.198. The third kappa shape index (κ3) is 4.17. The van der Waals surface area contributed by atoms with Crippen molar-refractivity contribution >= 4 is 35.1 Å². The van der Waals surface area contributed by atoms with Crippen LogP contribution in [0.15, 0.2) is 22.7 Å². The summed E-state index contributed by atoms with van der Waals surface area (Å²) in [7, 11) is 0. The van der Waals surface area contributed by atoms with Crippen LogP contribution in [0.3, 0.4) is 0 Å². The van der Waals surface area contributed by atoms with E-state index in [1.807, 2.05) is 0 Å². The van der Waals surface area contributed by atoms with Gasteiger partial charge in [-0.05, 0) is 18.2 Å². The standard InChI is InChI=1S/C12H9Cl2N3O4/c13-7-3-6(4-8(14)5-7)10-16-12(21-17-10)11(20)15-2-1-9(18)19/h3-5H,1-2H2,(H,15,20)(H,18,19). The van der Waals surface area contributed by atoms with Crippen LogP contribution in [0.1, 0.15) is 17.1 Å². The second-order valence-electron chi connectivity index (χ2n) is 3.98. The lowest BCUT2D eigenvalue weighted by atomic mass is 10.2. The van der Waals surface area contributed by atoms with Gasteiger partial charge in [0.1, 0.15) is 0 Å². The molecule has 0 aliphatic carbocycles. The maximum Gasteiger partial charge on any atom is 0.316 e. The predicted molar refractivity (Wildman–Crippen MR) is 74.3 cm³/mol. The van der Waals surface area contributed by atoms with Gasteiger partial charge in [-0.15, -0.1) is 0 Å². The number of aliphatic carboxylic acids is 1. The van der Waals surface area contributed by atoms with Crippen LogP contribution in [0.5, 0.6) is 0 Å². The van der Waals surface area contributed by atoms with Gasteiger partial charge in [-0.1, -0.05) is 28.4 Å². The van der Waals surface area contributed by atoms with E-state index in [1.54, 1.807) is 18.2 Å². The summed E-state index contributed by atoms with van der Waals surface area (Å²) in [5, 5.41) is 15.3. The molecule has 110 valence electrons. The van der Waals surface area contributed by atoms with Gasteiger partial charge in [-0.3, -0.25) is 9.59 Å². The lowest BCUT2D eigenvalue weighted by molar-refractivity contribution is -0.136. The van der Waals surface area contributed by atoms with Crippen molar-refractivity contribution in [1.82, 2.24) is 15.5 Å². The summed E-state index contributed by atoms with van der Waals surface area (Å²) < 4.78 is 4.81. The Morgan fingerprint density at radius 1 is 1.24 bits per heavy atom. The van der Waals surface area contributed by atoms with E-state index in [9.17, 15) is 9.59 Å². The summed E-state index contributed by atoms with van der Waals surface area (Å²) in [6, 6.07) is 4.70. The molecule has 0 unspecified atom stereocenters. The van der Waals surface area contributed by atoms with Crippen molar-refractivity contribution in [2.24, 2.45) is 0 Å². The Hall–Kier alpha value is -2.12. The highest BCUT2D eigenvalue weighted by Crippen LogP contribution is 2.25. The first-order valence-electron chi connectivity index (χ1n) is 5.76. The van der Waals surface area contributed by atoms with Crippen LogP contribution in [0.4, 0.5) is 0 Å². The minimum Gasteiger partial charge on any atom is -0.481 e. The lowest BCUT2D eigenvalue weighted by Gasteiger charge is -1.98. The van der Waals surface area contributed by atoms with Gasteiger partial charge in [0.05, 0.1) is 6.42 Å². The van der Waals surface area contributed by atoms with Gasteiger partial charge < -0.3 is 14.9 Å². The minimum atomic E-state index is -1.02. The van der Waals surface area contributed by atoms with Crippen molar-refractivity contribution in [2.75, 3.05) is 6.54 Å². The number of carbonyl (C=O) groups is 2. The van der Waals surface area contributed by atoms with E-state index in [1.165, 1.54) is 0 Å². The smallest absolute Gasteiger partial charge is 0.316 e. The first kappa shape index (κ1) is 15.3. The van der Waals surface area contributed by atoms with Gasteiger partial charge in [0.2, 0.25) is 5.82 Å². The normalized spacial score (nSPS) is 10.4. The minimum absolute atomic E-state index is 0.0329. The number of rotatable bonds is 5. The Labute approximate surface area is 128 Å². The predicted octanol–water partition coefficient (Wildman–Crippen LogP) is 2.25. The van der Waals surface area contributed by atoms with Crippen LogP contribution >= 0.6 is 23.2 Å². The molecular weight excluding hydrogens is 321 g/mol. The van der Waals surface area contributed by atoms with Gasteiger partial charge in [-0.2, -0.15) is 4.98 Å².